The number of furan rings is 1. The van der Waals surface area contributed by atoms with Crippen LogP contribution in [0.5, 0.6) is 0 Å². The van der Waals surface area contributed by atoms with Gasteiger partial charge in [0.05, 0.1) is 5.56 Å². The summed E-state index contributed by atoms with van der Waals surface area (Å²) in [6.07, 6.45) is 2.72. The van der Waals surface area contributed by atoms with E-state index >= 15 is 0 Å². The number of carboxylic acids is 1. The third kappa shape index (κ3) is 3.31. The fraction of sp³-hybridized carbons (Fsp3) is 0.250. The van der Waals surface area contributed by atoms with Gasteiger partial charge in [-0.25, -0.2) is 4.79 Å². The van der Waals surface area contributed by atoms with Gasteiger partial charge in [0.25, 0.3) is 5.91 Å². The van der Waals surface area contributed by atoms with E-state index in [0.29, 0.717) is 0 Å². The first kappa shape index (κ1) is 14.8. The monoisotopic (exact) mass is 287 g/mol. The second-order valence-electron chi connectivity index (χ2n) is 4.66. The molecular formula is C16H17NO4. The molecule has 5 nitrogen and oxygen atoms in total. The highest BCUT2D eigenvalue weighted by molar-refractivity contribution is 6.04. The molecule has 0 saturated heterocycles. The molecule has 2 aromatic rings. The van der Waals surface area contributed by atoms with Crippen LogP contribution < -0.4 is 5.32 Å². The number of rotatable bonds is 5. The largest absolute Gasteiger partial charge is 0.478 e. The Morgan fingerprint density at radius 3 is 2.52 bits per heavy atom. The Kier molecular flexibility index (Phi) is 4.42. The molecule has 110 valence electrons. The van der Waals surface area contributed by atoms with Crippen molar-refractivity contribution in [3.8, 4) is 0 Å². The highest BCUT2D eigenvalue weighted by Crippen LogP contribution is 2.20. The number of amides is 1. The normalized spacial score (nSPS) is 10.4. The molecule has 0 aliphatic rings. The third-order valence-corrected chi connectivity index (χ3v) is 3.28. The molecule has 0 saturated carbocycles. The fourth-order valence-corrected chi connectivity index (χ4v) is 2.02. The van der Waals surface area contributed by atoms with Crippen molar-refractivity contribution in [3.63, 3.8) is 0 Å². The third-order valence-electron chi connectivity index (χ3n) is 3.28. The van der Waals surface area contributed by atoms with Crippen molar-refractivity contribution in [3.05, 3.63) is 53.0 Å². The highest BCUT2D eigenvalue weighted by atomic mass is 16.4. The number of nitrogens with one attached hydrogen (secondary N) is 1. The quantitative estimate of drug-likeness (QED) is 0.883. The van der Waals surface area contributed by atoms with Gasteiger partial charge in [0.15, 0.2) is 5.76 Å². The molecule has 0 spiro atoms. The van der Waals surface area contributed by atoms with E-state index in [1.165, 1.54) is 6.07 Å². The molecule has 1 amide bonds. The zero-order chi connectivity index (χ0) is 15.4. The maximum atomic E-state index is 12.1. The van der Waals surface area contributed by atoms with Crippen LogP contribution in [0.1, 0.15) is 45.9 Å². The van der Waals surface area contributed by atoms with Crippen LogP contribution in [0.3, 0.4) is 0 Å². The molecule has 0 radical (unpaired) electrons. The summed E-state index contributed by atoms with van der Waals surface area (Å²) in [5, 5.41) is 11.6. The average Bonchev–Trinajstić information content (AvgIpc) is 2.97. The van der Waals surface area contributed by atoms with Gasteiger partial charge in [0.1, 0.15) is 6.26 Å². The van der Waals surface area contributed by atoms with Crippen LogP contribution in [0, 0.1) is 0 Å². The second-order valence-corrected chi connectivity index (χ2v) is 4.66. The van der Waals surface area contributed by atoms with E-state index < -0.39 is 11.9 Å². The molecule has 5 heteroatoms. The number of carbonyl (C=O) groups is 2. The molecule has 0 unspecified atom stereocenters. The minimum absolute atomic E-state index is 0.0173. The van der Waals surface area contributed by atoms with Crippen molar-refractivity contribution in [2.75, 3.05) is 5.32 Å². The number of hydrogen-bond donors (Lipinski definition) is 2. The minimum atomic E-state index is -1.12. The first-order chi connectivity index (χ1) is 10.0. The van der Waals surface area contributed by atoms with Gasteiger partial charge in [-0.3, -0.25) is 4.79 Å². The highest BCUT2D eigenvalue weighted by Gasteiger charge is 2.16. The van der Waals surface area contributed by atoms with Crippen LogP contribution in [-0.4, -0.2) is 17.0 Å². The molecule has 0 bridgehead atoms. The topological polar surface area (TPSA) is 79.5 Å². The number of aromatic carboxylic acids is 1. The lowest BCUT2D eigenvalue weighted by molar-refractivity contribution is 0.0696. The summed E-state index contributed by atoms with van der Waals surface area (Å²) in [7, 11) is 0. The standard InChI is InChI=1S/C16H17NO4/c1-3-10-5-6-11(4-2)13(7-10)17-15(18)14-8-12(9-21-14)16(19)20/h5-9H,3-4H2,1-2H3,(H,17,18)(H,19,20). The van der Waals surface area contributed by atoms with Gasteiger partial charge in [-0.2, -0.15) is 0 Å². The summed E-state index contributed by atoms with van der Waals surface area (Å²) in [6.45, 7) is 4.05. The molecule has 1 heterocycles. The molecule has 2 N–H and O–H groups in total. The van der Waals surface area contributed by atoms with Crippen molar-refractivity contribution in [1.82, 2.24) is 0 Å². The summed E-state index contributed by atoms with van der Waals surface area (Å²) in [5.41, 5.74) is 2.83. The lowest BCUT2D eigenvalue weighted by atomic mass is 10.1. The van der Waals surface area contributed by atoms with E-state index in [-0.39, 0.29) is 11.3 Å². The van der Waals surface area contributed by atoms with E-state index in [2.05, 4.69) is 5.32 Å². The first-order valence-corrected chi connectivity index (χ1v) is 6.80. The van der Waals surface area contributed by atoms with Gasteiger partial charge in [-0.15, -0.1) is 0 Å². The maximum absolute atomic E-state index is 12.1. The summed E-state index contributed by atoms with van der Waals surface area (Å²) in [5.74, 6) is -1.60. The van der Waals surface area contributed by atoms with Crippen molar-refractivity contribution in [2.45, 2.75) is 26.7 Å². The summed E-state index contributed by atoms with van der Waals surface area (Å²) < 4.78 is 5.00. The Balaban J connectivity index is 2.23. The van der Waals surface area contributed by atoms with Crippen LogP contribution in [0.25, 0.3) is 0 Å². The Morgan fingerprint density at radius 2 is 1.95 bits per heavy atom. The lowest BCUT2D eigenvalue weighted by Gasteiger charge is -2.10. The number of aryl methyl sites for hydroxylation is 2. The maximum Gasteiger partial charge on any atom is 0.338 e. The van der Waals surface area contributed by atoms with Gasteiger partial charge in [0.2, 0.25) is 0 Å². The Hall–Kier alpha value is -2.56. The van der Waals surface area contributed by atoms with Gasteiger partial charge >= 0.3 is 5.97 Å². The zero-order valence-electron chi connectivity index (χ0n) is 12.0. The van der Waals surface area contributed by atoms with Gasteiger partial charge in [0, 0.05) is 11.8 Å². The average molecular weight is 287 g/mol. The van der Waals surface area contributed by atoms with Crippen molar-refractivity contribution >= 4 is 17.6 Å². The molecule has 1 aromatic heterocycles. The van der Waals surface area contributed by atoms with Crippen molar-refractivity contribution in [2.24, 2.45) is 0 Å². The summed E-state index contributed by atoms with van der Waals surface area (Å²) >= 11 is 0. The van der Waals surface area contributed by atoms with E-state index in [9.17, 15) is 9.59 Å². The molecule has 0 aliphatic heterocycles. The SMILES string of the molecule is CCc1ccc(CC)c(NC(=O)c2cc(C(=O)O)co2)c1. The van der Waals surface area contributed by atoms with E-state index in [0.717, 1.165) is 35.9 Å². The van der Waals surface area contributed by atoms with Crippen LogP contribution in [0.2, 0.25) is 0 Å². The Labute approximate surface area is 122 Å². The molecule has 0 aliphatic carbocycles. The van der Waals surface area contributed by atoms with E-state index in [1.807, 2.05) is 32.0 Å². The van der Waals surface area contributed by atoms with Gasteiger partial charge in [-0.05, 0) is 30.0 Å². The molecule has 0 fully saturated rings. The minimum Gasteiger partial charge on any atom is -0.478 e. The predicted octanol–water partition coefficient (Wildman–Crippen LogP) is 3.35. The number of carbonyl (C=O) groups excluding carboxylic acids is 1. The Morgan fingerprint density at radius 1 is 1.19 bits per heavy atom. The molecule has 1 aromatic carbocycles. The van der Waals surface area contributed by atoms with E-state index in [1.54, 1.807) is 0 Å². The molecular weight excluding hydrogens is 270 g/mol. The number of carboxylic acid groups (broad SMARTS) is 1. The predicted molar refractivity (Wildman–Crippen MR) is 78.8 cm³/mol. The molecule has 0 atom stereocenters. The molecule has 2 rings (SSSR count). The number of hydrogen-bond acceptors (Lipinski definition) is 3. The first-order valence-electron chi connectivity index (χ1n) is 6.80. The van der Waals surface area contributed by atoms with Crippen molar-refractivity contribution < 1.29 is 19.1 Å². The van der Waals surface area contributed by atoms with Crippen LogP contribution in [-0.2, 0) is 12.8 Å². The van der Waals surface area contributed by atoms with Crippen LogP contribution >= 0.6 is 0 Å². The smallest absolute Gasteiger partial charge is 0.338 e. The van der Waals surface area contributed by atoms with Crippen molar-refractivity contribution in [1.29, 1.82) is 0 Å². The summed E-state index contributed by atoms with van der Waals surface area (Å²) in [4.78, 5) is 22.9. The van der Waals surface area contributed by atoms with Crippen LogP contribution in [0.15, 0.2) is 34.9 Å². The fourth-order valence-electron chi connectivity index (χ4n) is 2.02. The number of benzene rings is 1. The molecule has 21 heavy (non-hydrogen) atoms. The van der Waals surface area contributed by atoms with E-state index in [4.69, 9.17) is 9.52 Å². The Bertz CT molecular complexity index is 673. The lowest BCUT2D eigenvalue weighted by Crippen LogP contribution is -2.12. The van der Waals surface area contributed by atoms with Crippen LogP contribution in [0.4, 0.5) is 5.69 Å². The second kappa shape index (κ2) is 6.26. The van der Waals surface area contributed by atoms with Gasteiger partial charge in [-0.1, -0.05) is 26.0 Å². The number of anilines is 1. The summed E-state index contributed by atoms with van der Waals surface area (Å²) in [6, 6.07) is 7.16. The zero-order valence-corrected chi connectivity index (χ0v) is 12.0. The van der Waals surface area contributed by atoms with Gasteiger partial charge < -0.3 is 14.8 Å².